The number of halogens is 2. The molecule has 6 nitrogen and oxygen atoms in total. The van der Waals surface area contributed by atoms with Gasteiger partial charge in [-0.25, -0.2) is 13.6 Å². The monoisotopic (exact) mass is 384 g/mol. The first kappa shape index (κ1) is 18.6. The molecule has 26 heavy (non-hydrogen) atoms. The van der Waals surface area contributed by atoms with Crippen LogP contribution in [0.5, 0.6) is 0 Å². The summed E-state index contributed by atoms with van der Waals surface area (Å²) in [7, 11) is 0. The molecule has 2 aliphatic heterocycles. The van der Waals surface area contributed by atoms with Gasteiger partial charge in [0.25, 0.3) is 5.91 Å². The Bertz CT molecular complexity index is 755. The standard InChI is InChI=1S/C17H18F2N2O4S/c1-9(15(23)20-14-10(18)4-3-5-11(14)19)25-16(24)12-8-26-17(2)7-6-13(22)21(12)17/h3-5,9,12H,6-8H2,1-2H3,(H,20,23)/t9-,12+,17-/m0/s1. The highest BCUT2D eigenvalue weighted by Crippen LogP contribution is 2.47. The third kappa shape index (κ3) is 3.27. The topological polar surface area (TPSA) is 75.7 Å². The van der Waals surface area contributed by atoms with Crippen LogP contribution in [0, 0.1) is 11.6 Å². The number of nitrogens with one attached hydrogen (secondary N) is 1. The van der Waals surface area contributed by atoms with Crippen LogP contribution >= 0.6 is 11.8 Å². The number of carbonyl (C=O) groups excluding carboxylic acids is 3. The number of para-hydroxylation sites is 1. The molecule has 0 spiro atoms. The molecule has 0 unspecified atom stereocenters. The maximum absolute atomic E-state index is 13.6. The van der Waals surface area contributed by atoms with Crippen molar-refractivity contribution in [3.8, 4) is 0 Å². The van der Waals surface area contributed by atoms with Crippen molar-refractivity contribution < 1.29 is 27.9 Å². The van der Waals surface area contributed by atoms with Gasteiger partial charge >= 0.3 is 5.97 Å². The van der Waals surface area contributed by atoms with Crippen LogP contribution in [-0.2, 0) is 19.1 Å². The van der Waals surface area contributed by atoms with Crippen molar-refractivity contribution in [2.45, 2.75) is 43.7 Å². The van der Waals surface area contributed by atoms with Gasteiger partial charge in [0.1, 0.15) is 23.4 Å². The highest BCUT2D eigenvalue weighted by Gasteiger charge is 2.53. The second-order valence-corrected chi connectivity index (χ2v) is 7.93. The second kappa shape index (κ2) is 6.86. The summed E-state index contributed by atoms with van der Waals surface area (Å²) in [6, 6.07) is 2.42. The molecule has 2 heterocycles. The number of rotatable bonds is 4. The smallest absolute Gasteiger partial charge is 0.330 e. The van der Waals surface area contributed by atoms with Crippen molar-refractivity contribution in [1.29, 1.82) is 0 Å². The van der Waals surface area contributed by atoms with Crippen molar-refractivity contribution in [3.05, 3.63) is 29.8 Å². The summed E-state index contributed by atoms with van der Waals surface area (Å²) in [5.41, 5.74) is -0.598. The minimum atomic E-state index is -1.27. The Balaban J connectivity index is 1.64. The number of anilines is 1. The Hall–Kier alpha value is -2.16. The Morgan fingerprint density at radius 3 is 2.69 bits per heavy atom. The van der Waals surface area contributed by atoms with Crippen LogP contribution < -0.4 is 5.32 Å². The number of fused-ring (bicyclic) bond motifs is 1. The number of benzene rings is 1. The van der Waals surface area contributed by atoms with E-state index in [2.05, 4.69) is 5.32 Å². The van der Waals surface area contributed by atoms with Gasteiger partial charge < -0.3 is 15.0 Å². The van der Waals surface area contributed by atoms with Crippen molar-refractivity contribution in [3.63, 3.8) is 0 Å². The maximum atomic E-state index is 13.6. The van der Waals surface area contributed by atoms with Crippen LogP contribution in [0.1, 0.15) is 26.7 Å². The molecule has 0 radical (unpaired) electrons. The lowest BCUT2D eigenvalue weighted by atomic mass is 10.2. The summed E-state index contributed by atoms with van der Waals surface area (Å²) in [6.45, 7) is 3.20. The molecule has 140 valence electrons. The number of nitrogens with zero attached hydrogens (tertiary/aromatic N) is 1. The average molecular weight is 384 g/mol. The molecule has 1 N–H and O–H groups in total. The van der Waals surface area contributed by atoms with E-state index in [9.17, 15) is 23.2 Å². The normalized spacial score (nSPS) is 25.8. The number of thioether (sulfide) groups is 1. The highest BCUT2D eigenvalue weighted by molar-refractivity contribution is 8.01. The van der Waals surface area contributed by atoms with Crippen molar-refractivity contribution in [2.24, 2.45) is 0 Å². The van der Waals surface area contributed by atoms with Crippen LogP contribution in [0.2, 0.25) is 0 Å². The van der Waals surface area contributed by atoms with Gasteiger partial charge in [-0.3, -0.25) is 9.59 Å². The third-order valence-corrected chi connectivity index (χ3v) is 6.10. The van der Waals surface area contributed by atoms with Crippen molar-refractivity contribution in [2.75, 3.05) is 11.1 Å². The summed E-state index contributed by atoms with van der Waals surface area (Å²) in [6.07, 6.45) is -0.241. The Kier molecular flexibility index (Phi) is 4.92. The van der Waals surface area contributed by atoms with Crippen LogP contribution in [-0.4, -0.2) is 45.5 Å². The SMILES string of the molecule is C[C@H](OC(=O)[C@H]1CS[C@@]2(C)CCC(=O)N12)C(=O)Nc1c(F)cccc1F. The predicted octanol–water partition coefficient (Wildman–Crippen LogP) is 2.29. The molecule has 3 rings (SSSR count). The fourth-order valence-corrected chi connectivity index (χ4v) is 4.56. The molecule has 0 aromatic heterocycles. The van der Waals surface area contributed by atoms with Gasteiger partial charge in [-0.05, 0) is 32.4 Å². The van der Waals surface area contributed by atoms with Gasteiger partial charge in [-0.2, -0.15) is 0 Å². The Morgan fingerprint density at radius 2 is 2.04 bits per heavy atom. The van der Waals surface area contributed by atoms with E-state index in [1.807, 2.05) is 6.92 Å². The lowest BCUT2D eigenvalue weighted by Gasteiger charge is -2.29. The molecule has 1 aromatic rings. The first-order valence-electron chi connectivity index (χ1n) is 8.14. The summed E-state index contributed by atoms with van der Waals surface area (Å²) < 4.78 is 32.4. The number of amides is 2. The van der Waals surface area contributed by atoms with Gasteiger partial charge in [-0.15, -0.1) is 11.8 Å². The molecule has 3 atom stereocenters. The minimum Gasteiger partial charge on any atom is -0.451 e. The molecule has 2 fully saturated rings. The minimum absolute atomic E-state index is 0.120. The Labute approximate surface area is 153 Å². The van der Waals surface area contributed by atoms with Gasteiger partial charge in [0, 0.05) is 12.2 Å². The molecule has 0 bridgehead atoms. The molecule has 1 aromatic carbocycles. The molecule has 2 saturated heterocycles. The summed E-state index contributed by atoms with van der Waals surface area (Å²) >= 11 is 1.50. The zero-order valence-corrected chi connectivity index (χ0v) is 15.1. The number of ether oxygens (including phenoxy) is 1. The summed E-state index contributed by atoms with van der Waals surface area (Å²) in [5, 5.41) is 2.08. The summed E-state index contributed by atoms with van der Waals surface area (Å²) in [5.74, 6) is -3.15. The molecular weight excluding hydrogens is 366 g/mol. The second-order valence-electron chi connectivity index (χ2n) is 6.43. The largest absolute Gasteiger partial charge is 0.451 e. The van der Waals surface area contributed by atoms with Crippen molar-refractivity contribution in [1.82, 2.24) is 4.90 Å². The first-order valence-corrected chi connectivity index (χ1v) is 9.13. The zero-order chi connectivity index (χ0) is 19.1. The molecule has 0 aliphatic carbocycles. The predicted molar refractivity (Wildman–Crippen MR) is 91.3 cm³/mol. The van der Waals surface area contributed by atoms with Gasteiger partial charge in [0.15, 0.2) is 6.10 Å². The van der Waals surface area contributed by atoms with Gasteiger partial charge in [0.2, 0.25) is 5.91 Å². The molecule has 2 amide bonds. The van der Waals surface area contributed by atoms with E-state index < -0.39 is 46.2 Å². The fourth-order valence-electron chi connectivity index (χ4n) is 3.14. The number of hydrogen-bond donors (Lipinski definition) is 1. The fraction of sp³-hybridized carbons (Fsp3) is 0.471. The van der Waals surface area contributed by atoms with Crippen LogP contribution in [0.4, 0.5) is 14.5 Å². The maximum Gasteiger partial charge on any atom is 0.330 e. The van der Waals surface area contributed by atoms with Crippen LogP contribution in [0.3, 0.4) is 0 Å². The van der Waals surface area contributed by atoms with Gasteiger partial charge in [-0.1, -0.05) is 6.07 Å². The van der Waals surface area contributed by atoms with E-state index in [4.69, 9.17) is 4.74 Å². The molecular formula is C17H18F2N2O4S. The lowest BCUT2D eigenvalue weighted by Crippen LogP contribution is -2.48. The van der Waals surface area contributed by atoms with E-state index in [1.165, 1.54) is 29.7 Å². The molecule has 9 heteroatoms. The van der Waals surface area contributed by atoms with Gasteiger partial charge in [0.05, 0.1) is 4.87 Å². The van der Waals surface area contributed by atoms with E-state index in [0.29, 0.717) is 18.6 Å². The summed E-state index contributed by atoms with van der Waals surface area (Å²) in [4.78, 5) is 37.7. The zero-order valence-electron chi connectivity index (χ0n) is 14.3. The number of esters is 1. The quantitative estimate of drug-likeness (QED) is 0.806. The number of carbonyl (C=O) groups is 3. The third-order valence-electron chi connectivity index (χ3n) is 4.59. The van der Waals surface area contributed by atoms with E-state index in [1.54, 1.807) is 0 Å². The average Bonchev–Trinajstić information content (AvgIpc) is 3.07. The molecule has 2 aliphatic rings. The van der Waals surface area contributed by atoms with E-state index in [-0.39, 0.29) is 5.91 Å². The van der Waals surface area contributed by atoms with Crippen molar-refractivity contribution >= 4 is 35.2 Å². The van der Waals surface area contributed by atoms with Crippen LogP contribution in [0.25, 0.3) is 0 Å². The van der Waals surface area contributed by atoms with E-state index in [0.717, 1.165) is 12.1 Å². The highest BCUT2D eigenvalue weighted by atomic mass is 32.2. The number of hydrogen-bond acceptors (Lipinski definition) is 5. The Morgan fingerprint density at radius 1 is 1.38 bits per heavy atom. The van der Waals surface area contributed by atoms with E-state index >= 15 is 0 Å². The first-order chi connectivity index (χ1) is 12.2. The molecule has 0 saturated carbocycles. The van der Waals surface area contributed by atoms with Crippen LogP contribution in [0.15, 0.2) is 18.2 Å². The lowest BCUT2D eigenvalue weighted by molar-refractivity contribution is -0.160.